The molecule has 7 heteroatoms. The van der Waals surface area contributed by atoms with Crippen LogP contribution in [-0.2, 0) is 6.54 Å². The first-order valence-electron chi connectivity index (χ1n) is 10.0. The van der Waals surface area contributed by atoms with Crippen molar-refractivity contribution in [3.05, 3.63) is 66.6 Å². The number of amides is 1. The first kappa shape index (κ1) is 20.4. The maximum Gasteiger partial charge on any atom is 0.252 e. The van der Waals surface area contributed by atoms with Gasteiger partial charge in [0, 0.05) is 56.8 Å². The Morgan fingerprint density at radius 1 is 1.07 bits per heavy atom. The van der Waals surface area contributed by atoms with Crippen molar-refractivity contribution in [3.63, 3.8) is 0 Å². The third kappa shape index (κ3) is 6.07. The predicted molar refractivity (Wildman–Crippen MR) is 117 cm³/mol. The van der Waals surface area contributed by atoms with E-state index in [4.69, 9.17) is 0 Å². The van der Waals surface area contributed by atoms with Crippen LogP contribution in [0.4, 0.5) is 0 Å². The fourth-order valence-electron chi connectivity index (χ4n) is 3.07. The minimum atomic E-state index is -0.124. The molecule has 0 saturated heterocycles. The van der Waals surface area contributed by atoms with Crippen LogP contribution >= 0.6 is 0 Å². The number of guanidine groups is 1. The third-order valence-electron chi connectivity index (χ3n) is 4.48. The zero-order valence-corrected chi connectivity index (χ0v) is 16.8. The maximum absolute atomic E-state index is 12.0. The quantitative estimate of drug-likeness (QED) is 0.297. The van der Waals surface area contributed by atoms with Gasteiger partial charge in [-0.25, -0.2) is 0 Å². The van der Waals surface area contributed by atoms with Gasteiger partial charge < -0.3 is 20.5 Å². The van der Waals surface area contributed by atoms with Crippen molar-refractivity contribution in [3.8, 4) is 0 Å². The zero-order chi connectivity index (χ0) is 20.3. The molecule has 0 atom stereocenters. The number of nitrogens with one attached hydrogen (secondary N) is 3. The summed E-state index contributed by atoms with van der Waals surface area (Å²) >= 11 is 0. The molecule has 3 N–H and O–H groups in total. The summed E-state index contributed by atoms with van der Waals surface area (Å²) in [5.74, 6) is 0.640. The number of aliphatic imine (C=N–C) groups is 1. The van der Waals surface area contributed by atoms with Gasteiger partial charge in [-0.3, -0.25) is 14.8 Å². The molecule has 0 fully saturated rings. The third-order valence-corrected chi connectivity index (χ3v) is 4.48. The van der Waals surface area contributed by atoms with Gasteiger partial charge in [-0.1, -0.05) is 18.2 Å². The van der Waals surface area contributed by atoms with E-state index in [0.717, 1.165) is 32.0 Å². The molecule has 2 aromatic heterocycles. The highest BCUT2D eigenvalue weighted by Crippen LogP contribution is 2.15. The standard InChI is InChI=1S/C22H28N6O/c1-2-24-22(27-14-13-25-21(29)19-8-5-11-23-17-19)26-12-6-15-28-16-10-18-7-3-4-9-20(18)28/h3-5,7-11,16-17H,2,6,12-15H2,1H3,(H,25,29)(H2,24,26,27). The van der Waals surface area contributed by atoms with Gasteiger partial charge in [0.05, 0.1) is 5.56 Å². The van der Waals surface area contributed by atoms with E-state index in [-0.39, 0.29) is 5.91 Å². The number of pyridine rings is 1. The Morgan fingerprint density at radius 3 is 2.76 bits per heavy atom. The summed E-state index contributed by atoms with van der Waals surface area (Å²) in [4.78, 5) is 20.6. The van der Waals surface area contributed by atoms with Crippen molar-refractivity contribution in [1.82, 2.24) is 25.5 Å². The van der Waals surface area contributed by atoms with E-state index in [1.165, 1.54) is 10.9 Å². The van der Waals surface area contributed by atoms with Gasteiger partial charge in [-0.15, -0.1) is 0 Å². The molecular weight excluding hydrogens is 364 g/mol. The summed E-state index contributed by atoms with van der Waals surface area (Å²) in [6, 6.07) is 14.0. The lowest BCUT2D eigenvalue weighted by Gasteiger charge is -2.12. The van der Waals surface area contributed by atoms with Gasteiger partial charge in [-0.2, -0.15) is 0 Å². The number of hydrogen-bond donors (Lipinski definition) is 3. The lowest BCUT2D eigenvalue weighted by Crippen LogP contribution is -2.41. The van der Waals surface area contributed by atoms with Crippen molar-refractivity contribution < 1.29 is 4.79 Å². The van der Waals surface area contributed by atoms with Crippen LogP contribution in [-0.4, -0.2) is 47.6 Å². The zero-order valence-electron chi connectivity index (χ0n) is 16.8. The van der Waals surface area contributed by atoms with Gasteiger partial charge in [0.25, 0.3) is 5.91 Å². The van der Waals surface area contributed by atoms with Crippen LogP contribution in [0.25, 0.3) is 10.9 Å². The number of benzene rings is 1. The van der Waals surface area contributed by atoms with Crippen LogP contribution in [0.3, 0.4) is 0 Å². The Morgan fingerprint density at radius 2 is 1.93 bits per heavy atom. The average molecular weight is 393 g/mol. The SMILES string of the molecule is CCNC(=NCCCn1ccc2ccccc21)NCCNC(=O)c1cccnc1. The van der Waals surface area contributed by atoms with Crippen LogP contribution < -0.4 is 16.0 Å². The van der Waals surface area contributed by atoms with Gasteiger partial charge >= 0.3 is 0 Å². The van der Waals surface area contributed by atoms with Gasteiger partial charge in [0.1, 0.15) is 0 Å². The number of carbonyl (C=O) groups is 1. The topological polar surface area (TPSA) is 83.3 Å². The smallest absolute Gasteiger partial charge is 0.252 e. The Bertz CT molecular complexity index is 935. The highest BCUT2D eigenvalue weighted by molar-refractivity contribution is 5.93. The number of aryl methyl sites for hydroxylation is 1. The Hall–Kier alpha value is -3.35. The van der Waals surface area contributed by atoms with E-state index in [1.54, 1.807) is 24.5 Å². The molecule has 0 saturated carbocycles. The van der Waals surface area contributed by atoms with Crippen molar-refractivity contribution in [2.24, 2.45) is 4.99 Å². The summed E-state index contributed by atoms with van der Waals surface area (Å²) in [6.07, 6.45) is 6.29. The number of carbonyl (C=O) groups excluding carboxylic acids is 1. The fourth-order valence-corrected chi connectivity index (χ4v) is 3.07. The largest absolute Gasteiger partial charge is 0.357 e. The van der Waals surface area contributed by atoms with Crippen molar-refractivity contribution in [2.45, 2.75) is 19.9 Å². The van der Waals surface area contributed by atoms with Crippen molar-refractivity contribution in [1.29, 1.82) is 0 Å². The molecule has 0 radical (unpaired) electrons. The van der Waals surface area contributed by atoms with Crippen LogP contribution in [0.2, 0.25) is 0 Å². The van der Waals surface area contributed by atoms with E-state index in [9.17, 15) is 4.79 Å². The minimum absolute atomic E-state index is 0.124. The van der Waals surface area contributed by atoms with Gasteiger partial charge in [0.15, 0.2) is 5.96 Å². The van der Waals surface area contributed by atoms with Gasteiger partial charge in [0.2, 0.25) is 0 Å². The van der Waals surface area contributed by atoms with Crippen LogP contribution in [0.5, 0.6) is 0 Å². The Kier molecular flexibility index (Phi) is 7.63. The lowest BCUT2D eigenvalue weighted by molar-refractivity contribution is 0.0954. The van der Waals surface area contributed by atoms with E-state index in [1.807, 2.05) is 6.92 Å². The number of hydrogen-bond acceptors (Lipinski definition) is 3. The molecule has 29 heavy (non-hydrogen) atoms. The molecular formula is C22H28N6O. The van der Waals surface area contributed by atoms with Crippen LogP contribution in [0.1, 0.15) is 23.7 Å². The number of para-hydroxylation sites is 1. The first-order valence-corrected chi connectivity index (χ1v) is 10.0. The monoisotopic (exact) mass is 392 g/mol. The molecule has 3 aromatic rings. The second kappa shape index (κ2) is 10.8. The van der Waals surface area contributed by atoms with E-state index < -0.39 is 0 Å². The predicted octanol–water partition coefficient (Wildman–Crippen LogP) is 2.41. The molecule has 1 amide bonds. The maximum atomic E-state index is 12.0. The van der Waals surface area contributed by atoms with E-state index >= 15 is 0 Å². The second-order valence-corrected chi connectivity index (χ2v) is 6.61. The molecule has 0 bridgehead atoms. The lowest BCUT2D eigenvalue weighted by atomic mass is 10.2. The minimum Gasteiger partial charge on any atom is -0.357 e. The molecule has 7 nitrogen and oxygen atoms in total. The molecule has 0 unspecified atom stereocenters. The van der Waals surface area contributed by atoms with Crippen LogP contribution in [0.15, 0.2) is 66.0 Å². The Labute approximate surface area is 171 Å². The molecule has 0 aliphatic carbocycles. The Balaban J connectivity index is 1.40. The summed E-state index contributed by atoms with van der Waals surface area (Å²) < 4.78 is 2.26. The number of rotatable bonds is 9. The van der Waals surface area contributed by atoms with Crippen molar-refractivity contribution >= 4 is 22.8 Å². The molecule has 0 spiro atoms. The molecule has 1 aromatic carbocycles. The average Bonchev–Trinajstić information content (AvgIpc) is 3.17. The number of aromatic nitrogens is 2. The van der Waals surface area contributed by atoms with E-state index in [0.29, 0.717) is 18.7 Å². The highest BCUT2D eigenvalue weighted by atomic mass is 16.1. The van der Waals surface area contributed by atoms with Crippen LogP contribution in [0, 0.1) is 0 Å². The van der Waals surface area contributed by atoms with Crippen molar-refractivity contribution in [2.75, 3.05) is 26.2 Å². The summed E-state index contributed by atoms with van der Waals surface area (Å²) in [6.45, 7) is 5.58. The highest BCUT2D eigenvalue weighted by Gasteiger charge is 2.04. The molecule has 0 aliphatic heterocycles. The van der Waals surface area contributed by atoms with E-state index in [2.05, 4.69) is 67.0 Å². The fraction of sp³-hybridized carbons (Fsp3) is 0.318. The summed E-state index contributed by atoms with van der Waals surface area (Å²) in [5, 5.41) is 10.6. The first-order chi connectivity index (χ1) is 14.3. The number of nitrogens with zero attached hydrogens (tertiary/aromatic N) is 3. The second-order valence-electron chi connectivity index (χ2n) is 6.61. The number of fused-ring (bicyclic) bond motifs is 1. The summed E-state index contributed by atoms with van der Waals surface area (Å²) in [5.41, 5.74) is 1.82. The normalized spacial score (nSPS) is 11.4. The molecule has 0 aliphatic rings. The molecule has 3 rings (SSSR count). The summed E-state index contributed by atoms with van der Waals surface area (Å²) in [7, 11) is 0. The van der Waals surface area contributed by atoms with Gasteiger partial charge in [-0.05, 0) is 43.0 Å². The molecule has 2 heterocycles. The molecule has 152 valence electrons.